The number of nitrogens with zero attached hydrogens (tertiary/aromatic N) is 2. The highest BCUT2D eigenvalue weighted by Crippen LogP contribution is 2.15. The molecule has 0 aliphatic heterocycles. The molecular weight excluding hydrogens is 268 g/mol. The monoisotopic (exact) mass is 288 g/mol. The van der Waals surface area contributed by atoms with Gasteiger partial charge in [-0.3, -0.25) is 5.32 Å². The minimum Gasteiger partial charge on any atom is -0.394 e. The lowest BCUT2D eigenvalue weighted by Gasteiger charge is -2.23. The Balaban J connectivity index is 2.12. The summed E-state index contributed by atoms with van der Waals surface area (Å²) in [4.78, 5) is 11.9. The fraction of sp³-hybridized carbons (Fsp3) is 0.333. The van der Waals surface area contributed by atoms with E-state index in [1.54, 1.807) is 18.5 Å². The van der Waals surface area contributed by atoms with Crippen molar-refractivity contribution >= 4 is 11.8 Å². The third kappa shape index (κ3) is 3.82. The zero-order chi connectivity index (χ0) is 15.5. The third-order valence-electron chi connectivity index (χ3n) is 3.00. The van der Waals surface area contributed by atoms with Gasteiger partial charge in [0.2, 0.25) is 0 Å². The molecule has 6 nitrogen and oxygen atoms in total. The minimum atomic E-state index is -0.681. The summed E-state index contributed by atoms with van der Waals surface area (Å²) in [6, 6.07) is 9.27. The number of aliphatic hydroxyl groups excluding tert-OH is 1. The second kappa shape index (κ2) is 5.97. The van der Waals surface area contributed by atoms with Crippen molar-refractivity contribution in [1.82, 2.24) is 15.1 Å². The summed E-state index contributed by atoms with van der Waals surface area (Å²) in [5.74, 6) is 0.491. The normalized spacial score (nSPS) is 11.2. The maximum Gasteiger partial charge on any atom is 0.320 e. The second-order valence-corrected chi connectivity index (χ2v) is 5.56. The number of aromatic nitrogens is 2. The van der Waals surface area contributed by atoms with Crippen molar-refractivity contribution < 1.29 is 9.90 Å². The molecule has 0 aliphatic carbocycles. The number of aryl methyl sites for hydroxylation is 1. The molecule has 0 saturated heterocycles. The summed E-state index contributed by atoms with van der Waals surface area (Å²) in [5.41, 5.74) is 1.10. The Morgan fingerprint density at radius 3 is 2.62 bits per heavy atom. The number of hydrogen-bond donors (Lipinski definition) is 3. The lowest BCUT2D eigenvalue weighted by Crippen LogP contribution is -2.48. The zero-order valence-corrected chi connectivity index (χ0v) is 12.4. The Labute approximate surface area is 123 Å². The lowest BCUT2D eigenvalue weighted by molar-refractivity contribution is 0.187. The van der Waals surface area contributed by atoms with Crippen LogP contribution in [0.3, 0.4) is 0 Å². The van der Waals surface area contributed by atoms with E-state index < -0.39 is 11.6 Å². The standard InChI is InChI=1S/C15H20N4O2/c1-11-9-19(12-7-5-4-6-8-12)18-13(11)16-14(21)17-15(2,3)10-20/h4-9,20H,10H2,1-3H3,(H2,16,17,18,21). The summed E-state index contributed by atoms with van der Waals surface area (Å²) < 4.78 is 1.71. The molecule has 0 fully saturated rings. The summed E-state index contributed by atoms with van der Waals surface area (Å²) >= 11 is 0. The van der Waals surface area contributed by atoms with Crippen molar-refractivity contribution in [3.8, 4) is 5.69 Å². The molecule has 112 valence electrons. The SMILES string of the molecule is Cc1cn(-c2ccccc2)nc1NC(=O)NC(C)(C)CO. The Bertz CT molecular complexity index is 620. The number of carbonyl (C=O) groups is 1. The average molecular weight is 288 g/mol. The van der Waals surface area contributed by atoms with Gasteiger partial charge in [-0.1, -0.05) is 18.2 Å². The predicted octanol–water partition coefficient (Wildman–Crippen LogP) is 2.07. The van der Waals surface area contributed by atoms with Crippen LogP contribution in [0, 0.1) is 6.92 Å². The number of anilines is 1. The lowest BCUT2D eigenvalue weighted by atomic mass is 10.1. The van der Waals surface area contributed by atoms with E-state index in [4.69, 9.17) is 5.11 Å². The molecule has 0 spiro atoms. The molecule has 2 amide bonds. The van der Waals surface area contributed by atoms with E-state index in [0.29, 0.717) is 5.82 Å². The zero-order valence-electron chi connectivity index (χ0n) is 12.4. The van der Waals surface area contributed by atoms with Gasteiger partial charge in [0.05, 0.1) is 17.8 Å². The summed E-state index contributed by atoms with van der Waals surface area (Å²) in [7, 11) is 0. The number of rotatable bonds is 4. The van der Waals surface area contributed by atoms with Gasteiger partial charge in [-0.05, 0) is 32.9 Å². The van der Waals surface area contributed by atoms with Gasteiger partial charge < -0.3 is 10.4 Å². The average Bonchev–Trinajstić information content (AvgIpc) is 2.80. The molecule has 0 atom stereocenters. The Morgan fingerprint density at radius 2 is 2.00 bits per heavy atom. The first-order valence-electron chi connectivity index (χ1n) is 6.73. The number of urea groups is 1. The smallest absolute Gasteiger partial charge is 0.320 e. The van der Waals surface area contributed by atoms with Crippen molar-refractivity contribution in [1.29, 1.82) is 0 Å². The summed E-state index contributed by atoms with van der Waals surface area (Å²) in [6.07, 6.45) is 1.85. The van der Waals surface area contributed by atoms with Gasteiger partial charge in [-0.2, -0.15) is 0 Å². The van der Waals surface area contributed by atoms with E-state index in [9.17, 15) is 4.79 Å². The van der Waals surface area contributed by atoms with Crippen LogP contribution in [0.4, 0.5) is 10.6 Å². The van der Waals surface area contributed by atoms with Gasteiger partial charge >= 0.3 is 6.03 Å². The fourth-order valence-electron chi connectivity index (χ4n) is 1.78. The summed E-state index contributed by atoms with van der Waals surface area (Å²) in [6.45, 7) is 5.21. The molecule has 0 unspecified atom stereocenters. The first-order valence-corrected chi connectivity index (χ1v) is 6.73. The van der Waals surface area contributed by atoms with Gasteiger partial charge in [0, 0.05) is 11.8 Å². The van der Waals surface area contributed by atoms with Crippen molar-refractivity contribution in [3.63, 3.8) is 0 Å². The largest absolute Gasteiger partial charge is 0.394 e. The highest BCUT2D eigenvalue weighted by molar-refractivity contribution is 5.89. The number of benzene rings is 1. The van der Waals surface area contributed by atoms with Gasteiger partial charge in [0.1, 0.15) is 0 Å². The molecule has 2 aromatic rings. The van der Waals surface area contributed by atoms with Crippen molar-refractivity contribution in [2.24, 2.45) is 0 Å². The van der Waals surface area contributed by atoms with E-state index in [1.807, 2.05) is 43.5 Å². The Hall–Kier alpha value is -2.34. The van der Waals surface area contributed by atoms with Gasteiger partial charge in [0.15, 0.2) is 5.82 Å². The minimum absolute atomic E-state index is 0.141. The van der Waals surface area contributed by atoms with E-state index in [1.165, 1.54) is 0 Å². The number of hydrogen-bond acceptors (Lipinski definition) is 3. The quantitative estimate of drug-likeness (QED) is 0.806. The van der Waals surface area contributed by atoms with Gasteiger partial charge in [-0.15, -0.1) is 5.10 Å². The van der Waals surface area contributed by atoms with E-state index in [0.717, 1.165) is 11.3 Å². The molecule has 1 aromatic heterocycles. The molecule has 0 bridgehead atoms. The number of aliphatic hydroxyl groups is 1. The molecule has 21 heavy (non-hydrogen) atoms. The fourth-order valence-corrected chi connectivity index (χ4v) is 1.78. The first-order chi connectivity index (χ1) is 9.91. The van der Waals surface area contributed by atoms with Crippen LogP contribution in [0.1, 0.15) is 19.4 Å². The number of amides is 2. The Morgan fingerprint density at radius 1 is 1.33 bits per heavy atom. The molecule has 3 N–H and O–H groups in total. The highest BCUT2D eigenvalue weighted by Gasteiger charge is 2.20. The van der Waals surface area contributed by atoms with Crippen molar-refractivity contribution in [2.45, 2.75) is 26.3 Å². The maximum atomic E-state index is 11.9. The molecule has 6 heteroatoms. The predicted molar refractivity (Wildman–Crippen MR) is 81.6 cm³/mol. The van der Waals surface area contributed by atoms with Gasteiger partial charge in [0.25, 0.3) is 0 Å². The maximum absolute atomic E-state index is 11.9. The molecule has 2 rings (SSSR count). The van der Waals surface area contributed by atoms with Crippen LogP contribution in [-0.2, 0) is 0 Å². The second-order valence-electron chi connectivity index (χ2n) is 5.56. The molecular formula is C15H20N4O2. The Kier molecular flexibility index (Phi) is 4.28. The summed E-state index contributed by atoms with van der Waals surface area (Å²) in [5, 5.41) is 18.9. The van der Waals surface area contributed by atoms with Crippen LogP contribution in [0.25, 0.3) is 5.69 Å². The number of carbonyl (C=O) groups excluding carboxylic acids is 1. The molecule has 1 aromatic carbocycles. The van der Waals surface area contributed by atoms with Crippen LogP contribution in [0.2, 0.25) is 0 Å². The van der Waals surface area contributed by atoms with Gasteiger partial charge in [-0.25, -0.2) is 9.48 Å². The number of para-hydroxylation sites is 1. The van der Waals surface area contributed by atoms with Crippen LogP contribution >= 0.6 is 0 Å². The van der Waals surface area contributed by atoms with E-state index >= 15 is 0 Å². The van der Waals surface area contributed by atoms with Crippen LogP contribution in [0.15, 0.2) is 36.5 Å². The first kappa shape index (κ1) is 15.1. The van der Waals surface area contributed by atoms with Crippen molar-refractivity contribution in [3.05, 3.63) is 42.1 Å². The number of nitrogens with one attached hydrogen (secondary N) is 2. The molecule has 0 radical (unpaired) electrons. The molecule has 1 heterocycles. The molecule has 0 aliphatic rings. The van der Waals surface area contributed by atoms with Crippen LogP contribution < -0.4 is 10.6 Å². The molecule has 0 saturated carbocycles. The van der Waals surface area contributed by atoms with Crippen LogP contribution in [-0.4, -0.2) is 33.1 Å². The highest BCUT2D eigenvalue weighted by atomic mass is 16.3. The third-order valence-corrected chi connectivity index (χ3v) is 3.00. The van der Waals surface area contributed by atoms with Crippen molar-refractivity contribution in [2.75, 3.05) is 11.9 Å². The van der Waals surface area contributed by atoms with E-state index in [-0.39, 0.29) is 6.61 Å². The van der Waals surface area contributed by atoms with Crippen LogP contribution in [0.5, 0.6) is 0 Å². The van der Waals surface area contributed by atoms with E-state index in [2.05, 4.69) is 15.7 Å². The topological polar surface area (TPSA) is 79.2 Å².